The molecular weight excluding hydrogens is 668 g/mol. The molecule has 1 heterocycles. The van der Waals surface area contributed by atoms with Crippen molar-refractivity contribution in [1.82, 2.24) is 16.0 Å². The minimum atomic E-state index is -0.344. The average molecular weight is 732 g/mol. The van der Waals surface area contributed by atoms with E-state index in [4.69, 9.17) is 4.74 Å². The quantitative estimate of drug-likeness (QED) is 0.0485. The van der Waals surface area contributed by atoms with Crippen LogP contribution in [0.2, 0.25) is 0 Å². The van der Waals surface area contributed by atoms with Crippen LogP contribution < -0.4 is 20.7 Å². The van der Waals surface area contributed by atoms with Gasteiger partial charge in [-0.2, -0.15) is 4.58 Å². The highest BCUT2D eigenvalue weighted by Gasteiger charge is 2.42. The van der Waals surface area contributed by atoms with Crippen molar-refractivity contribution in [3.8, 4) is 11.5 Å². The normalized spacial score (nSPS) is 15.3. The Labute approximate surface area is 316 Å². The number of carbonyl (C=O) groups excluding carboxylic acids is 4. The van der Waals surface area contributed by atoms with Crippen LogP contribution in [0.25, 0.3) is 6.08 Å². The second kappa shape index (κ2) is 20.1. The number of rotatable bonds is 20. The summed E-state index contributed by atoms with van der Waals surface area (Å²) in [5.74, 6) is -1.05. The van der Waals surface area contributed by atoms with Gasteiger partial charge >= 0.3 is 5.97 Å². The lowest BCUT2D eigenvalue weighted by Gasteiger charge is -2.21. The van der Waals surface area contributed by atoms with Crippen molar-refractivity contribution in [3.63, 3.8) is 0 Å². The van der Waals surface area contributed by atoms with E-state index in [2.05, 4.69) is 46.5 Å². The average Bonchev–Trinajstić information content (AvgIpc) is 3.30. The highest BCUT2D eigenvalue weighted by molar-refractivity contribution is 6.05. The van der Waals surface area contributed by atoms with E-state index in [1.807, 2.05) is 59.0 Å². The predicted octanol–water partition coefficient (Wildman–Crippen LogP) is 7.40. The molecule has 0 radical (unpaired) electrons. The summed E-state index contributed by atoms with van der Waals surface area (Å²) in [6, 6.07) is 13.1. The van der Waals surface area contributed by atoms with Gasteiger partial charge in [-0.15, -0.1) is 0 Å². The molecule has 2 aromatic rings. The molecule has 4 N–H and O–H groups in total. The highest BCUT2D eigenvalue weighted by Crippen LogP contribution is 2.39. The van der Waals surface area contributed by atoms with E-state index < -0.39 is 0 Å². The van der Waals surface area contributed by atoms with E-state index in [0.717, 1.165) is 11.4 Å². The number of esters is 1. The number of amides is 3. The Kier molecular flexibility index (Phi) is 16.3. The van der Waals surface area contributed by atoms with Crippen molar-refractivity contribution in [1.29, 1.82) is 0 Å². The van der Waals surface area contributed by atoms with Crippen molar-refractivity contribution in [2.24, 2.45) is 23.7 Å². The minimum Gasteiger partial charge on any atom is -0.507 e. The van der Waals surface area contributed by atoms with Gasteiger partial charge in [-0.05, 0) is 90.5 Å². The highest BCUT2D eigenvalue weighted by atomic mass is 16.5. The van der Waals surface area contributed by atoms with Gasteiger partial charge in [-0.1, -0.05) is 58.7 Å². The Morgan fingerprint density at radius 3 is 2.02 bits per heavy atom. The van der Waals surface area contributed by atoms with Crippen molar-refractivity contribution in [2.75, 3.05) is 13.7 Å². The second-order valence-electron chi connectivity index (χ2n) is 15.4. The van der Waals surface area contributed by atoms with E-state index in [-0.39, 0.29) is 71.2 Å². The van der Waals surface area contributed by atoms with E-state index in [1.54, 1.807) is 32.0 Å². The molecule has 0 aliphatic carbocycles. The number of ether oxygens (including phenoxy) is 1. The van der Waals surface area contributed by atoms with Gasteiger partial charge in [0.25, 0.3) is 0 Å². The number of fused-ring (bicyclic) bond motifs is 1. The number of phenols is 1. The Morgan fingerprint density at radius 2 is 1.42 bits per heavy atom. The van der Waals surface area contributed by atoms with Crippen LogP contribution in [-0.2, 0) is 24.6 Å². The number of benzene rings is 2. The molecule has 0 spiro atoms. The van der Waals surface area contributed by atoms with Crippen molar-refractivity contribution in [2.45, 2.75) is 118 Å². The van der Waals surface area contributed by atoms with Crippen LogP contribution in [0.3, 0.4) is 0 Å². The van der Waals surface area contributed by atoms with Gasteiger partial charge in [-0.25, -0.2) is 0 Å². The summed E-state index contributed by atoms with van der Waals surface area (Å²) in [4.78, 5) is 51.1. The number of hydrogen-bond acceptors (Lipinski definition) is 6. The summed E-state index contributed by atoms with van der Waals surface area (Å²) in [6.45, 7) is 15.9. The maximum absolute atomic E-state index is 13.4. The number of nitrogens with one attached hydrogen (secondary N) is 3. The SMILES string of the molecule is CCC(CCCC(CCCC(CC)C(=O)Oc1ccc(O)c(/C=C\C2=[N+](C)c3ccccc3C2(C)C)c1)C(=O)NC(C)C)C(=O)NCNC(=O)C(C)C. The monoisotopic (exact) mass is 731 g/mol. The van der Waals surface area contributed by atoms with E-state index in [1.165, 1.54) is 5.56 Å². The standard InChI is InChI=1S/C43H62N4O6/c1-10-30(40(50)45-27-44-39(49)28(3)4)16-14-18-32(41(51)46-29(5)6)19-15-17-31(11-2)42(52)53-34-23-24-37(48)33(26-34)22-25-38-43(7,8)35-20-12-13-21-36(35)47(38)9/h12-13,20-26,28-32H,10-11,14-19,27H2,1-9H3,(H3,44,45,46,49,50,51)/p+1. The first-order valence-electron chi connectivity index (χ1n) is 19.4. The largest absolute Gasteiger partial charge is 0.507 e. The first-order valence-corrected chi connectivity index (χ1v) is 19.4. The van der Waals surface area contributed by atoms with Crippen LogP contribution in [0.1, 0.15) is 118 Å². The van der Waals surface area contributed by atoms with Gasteiger partial charge in [0.15, 0.2) is 5.71 Å². The van der Waals surface area contributed by atoms with E-state index >= 15 is 0 Å². The molecular formula is C43H63N4O6+. The molecule has 53 heavy (non-hydrogen) atoms. The third-order valence-corrected chi connectivity index (χ3v) is 10.3. The molecule has 2 aromatic carbocycles. The molecule has 290 valence electrons. The Bertz CT molecular complexity index is 1640. The van der Waals surface area contributed by atoms with Gasteiger partial charge in [0, 0.05) is 47.1 Å². The summed E-state index contributed by atoms with van der Waals surface area (Å²) in [7, 11) is 2.04. The molecule has 0 saturated heterocycles. The number of carbonyl (C=O) groups is 4. The summed E-state index contributed by atoms with van der Waals surface area (Å²) < 4.78 is 8.00. The topological polar surface area (TPSA) is 137 Å². The van der Waals surface area contributed by atoms with E-state index in [0.29, 0.717) is 62.7 Å². The predicted molar refractivity (Wildman–Crippen MR) is 211 cm³/mol. The maximum atomic E-state index is 13.4. The first-order chi connectivity index (χ1) is 25.1. The minimum absolute atomic E-state index is 0.00378. The number of allylic oxidation sites excluding steroid dienone is 1. The van der Waals surface area contributed by atoms with Gasteiger partial charge in [-0.3, -0.25) is 19.2 Å². The van der Waals surface area contributed by atoms with Gasteiger partial charge < -0.3 is 25.8 Å². The number of para-hydroxylation sites is 1. The lowest BCUT2D eigenvalue weighted by atomic mass is 9.81. The molecule has 1 aliphatic heterocycles. The fourth-order valence-electron chi connectivity index (χ4n) is 7.01. The number of hydrogen-bond donors (Lipinski definition) is 4. The van der Waals surface area contributed by atoms with Crippen LogP contribution in [0.4, 0.5) is 5.69 Å². The Hall–Kier alpha value is -4.47. The van der Waals surface area contributed by atoms with E-state index in [9.17, 15) is 24.3 Å². The molecule has 0 bridgehead atoms. The van der Waals surface area contributed by atoms with Crippen molar-refractivity contribution < 1.29 is 33.6 Å². The molecule has 0 fully saturated rings. The van der Waals surface area contributed by atoms with Gasteiger partial charge in [0.2, 0.25) is 23.4 Å². The summed E-state index contributed by atoms with van der Waals surface area (Å²) in [5.41, 5.74) is 3.81. The van der Waals surface area contributed by atoms with Crippen LogP contribution in [0.15, 0.2) is 48.5 Å². The second-order valence-corrected chi connectivity index (χ2v) is 15.4. The lowest BCUT2D eigenvalue weighted by Crippen LogP contribution is -2.41. The fraction of sp³-hybridized carbons (Fsp3) is 0.558. The van der Waals surface area contributed by atoms with Crippen LogP contribution in [0.5, 0.6) is 11.5 Å². The molecule has 10 nitrogen and oxygen atoms in total. The Morgan fingerprint density at radius 1 is 0.811 bits per heavy atom. The van der Waals surface area contributed by atoms with Crippen molar-refractivity contribution >= 4 is 41.2 Å². The first kappa shape index (κ1) is 42.9. The summed E-state index contributed by atoms with van der Waals surface area (Å²) in [5, 5.41) is 19.2. The summed E-state index contributed by atoms with van der Waals surface area (Å²) >= 11 is 0. The van der Waals surface area contributed by atoms with Gasteiger partial charge in [0.05, 0.1) is 18.0 Å². The number of phenolic OH excluding ortho intramolecular Hbond substituents is 1. The molecule has 3 unspecified atom stereocenters. The molecule has 0 aromatic heterocycles. The lowest BCUT2D eigenvalue weighted by molar-refractivity contribution is -0.401. The van der Waals surface area contributed by atoms with Crippen LogP contribution in [0, 0.1) is 23.7 Å². The molecule has 10 heteroatoms. The number of nitrogens with zero attached hydrogens (tertiary/aromatic N) is 1. The molecule has 3 atom stereocenters. The maximum Gasteiger partial charge on any atom is 0.314 e. The third kappa shape index (κ3) is 12.0. The van der Waals surface area contributed by atoms with Crippen molar-refractivity contribution in [3.05, 3.63) is 59.7 Å². The molecule has 0 saturated carbocycles. The Balaban J connectivity index is 1.58. The molecule has 3 rings (SSSR count). The van der Waals surface area contributed by atoms with Crippen LogP contribution >= 0.6 is 0 Å². The van der Waals surface area contributed by atoms with Crippen LogP contribution in [-0.4, -0.2) is 58.8 Å². The zero-order chi connectivity index (χ0) is 39.3. The third-order valence-electron chi connectivity index (χ3n) is 10.3. The fourth-order valence-corrected chi connectivity index (χ4v) is 7.01. The van der Waals surface area contributed by atoms with Gasteiger partial charge in [0.1, 0.15) is 18.5 Å². The molecule has 1 aliphatic rings. The smallest absolute Gasteiger partial charge is 0.314 e. The zero-order valence-corrected chi connectivity index (χ0v) is 33.4. The number of aromatic hydroxyl groups is 1. The molecule has 3 amide bonds. The summed E-state index contributed by atoms with van der Waals surface area (Å²) in [6.07, 6.45) is 8.97. The zero-order valence-electron chi connectivity index (χ0n) is 33.4.